The summed E-state index contributed by atoms with van der Waals surface area (Å²) in [5, 5.41) is 9.17. The lowest BCUT2D eigenvalue weighted by Crippen LogP contribution is -2.51. The summed E-state index contributed by atoms with van der Waals surface area (Å²) in [5.41, 5.74) is 11.5. The summed E-state index contributed by atoms with van der Waals surface area (Å²) in [5.74, 6) is 1.54. The standard InChI is InChI=1S/C33H28FN11/c1-21-19-44(30-12-14-37-29(17-35)42-30)16-15-43(21)20-22-4-7-24(8-5-22)45-32(25-3-2-13-38-31(25)36)41-28-11-10-27(40-33(28)45)26-9-6-23(34)18-39-26/h2-14,18,21H,15-16,19-20H2,1H3,(H2,36,38)/t21-/m1/s1. The van der Waals surface area contributed by atoms with E-state index in [2.05, 4.69) is 60.9 Å². The fourth-order valence-corrected chi connectivity index (χ4v) is 5.66. The van der Waals surface area contributed by atoms with Crippen LogP contribution in [0.3, 0.4) is 0 Å². The van der Waals surface area contributed by atoms with Crippen molar-refractivity contribution in [3.8, 4) is 34.5 Å². The topological polar surface area (TPSA) is 139 Å². The Morgan fingerprint density at radius 3 is 2.51 bits per heavy atom. The third-order valence-corrected chi connectivity index (χ3v) is 7.98. The number of piperazine rings is 1. The van der Waals surface area contributed by atoms with Crippen LogP contribution in [0.2, 0.25) is 0 Å². The molecule has 0 unspecified atom stereocenters. The van der Waals surface area contributed by atoms with E-state index in [1.807, 2.05) is 41.0 Å². The number of imidazole rings is 1. The summed E-state index contributed by atoms with van der Waals surface area (Å²) in [6, 6.07) is 22.9. The maximum absolute atomic E-state index is 13.6. The largest absolute Gasteiger partial charge is 0.383 e. The molecule has 222 valence electrons. The number of fused-ring (bicyclic) bond motifs is 1. The highest BCUT2D eigenvalue weighted by Crippen LogP contribution is 2.32. The Balaban J connectivity index is 1.18. The summed E-state index contributed by atoms with van der Waals surface area (Å²) >= 11 is 0. The first kappa shape index (κ1) is 28.0. The van der Waals surface area contributed by atoms with Crippen LogP contribution < -0.4 is 10.6 Å². The van der Waals surface area contributed by atoms with Gasteiger partial charge in [0, 0.05) is 50.3 Å². The number of hydrogen-bond donors (Lipinski definition) is 1. The van der Waals surface area contributed by atoms with Crippen LogP contribution in [0.1, 0.15) is 18.3 Å². The van der Waals surface area contributed by atoms with E-state index >= 15 is 0 Å². The van der Waals surface area contributed by atoms with Gasteiger partial charge in [0.25, 0.3) is 0 Å². The van der Waals surface area contributed by atoms with E-state index in [1.54, 1.807) is 18.5 Å². The quantitative estimate of drug-likeness (QED) is 0.289. The van der Waals surface area contributed by atoms with Crippen LogP contribution in [0.25, 0.3) is 39.6 Å². The van der Waals surface area contributed by atoms with Crippen molar-refractivity contribution in [1.29, 1.82) is 5.26 Å². The van der Waals surface area contributed by atoms with Gasteiger partial charge in [0.15, 0.2) is 11.5 Å². The van der Waals surface area contributed by atoms with E-state index in [1.165, 1.54) is 17.8 Å². The molecule has 0 radical (unpaired) electrons. The minimum Gasteiger partial charge on any atom is -0.383 e. The van der Waals surface area contributed by atoms with E-state index in [0.717, 1.165) is 37.7 Å². The Morgan fingerprint density at radius 2 is 1.76 bits per heavy atom. The van der Waals surface area contributed by atoms with Gasteiger partial charge in [-0.3, -0.25) is 14.5 Å². The number of benzene rings is 1. The Bertz CT molecular complexity index is 2030. The SMILES string of the molecule is C[C@@H]1CN(c2ccnc(C#N)n2)CCN1Cc1ccc(-n2c(-c3cccnc3N)nc3ccc(-c4ccc(F)cn4)nc32)cc1. The van der Waals surface area contributed by atoms with Crippen molar-refractivity contribution >= 4 is 22.8 Å². The van der Waals surface area contributed by atoms with Crippen molar-refractivity contribution in [2.24, 2.45) is 0 Å². The molecular weight excluding hydrogens is 569 g/mol. The van der Waals surface area contributed by atoms with E-state index in [9.17, 15) is 9.65 Å². The lowest BCUT2D eigenvalue weighted by Gasteiger charge is -2.40. The number of nitrogens with two attached hydrogens (primary N) is 1. The van der Waals surface area contributed by atoms with Crippen molar-refractivity contribution in [2.45, 2.75) is 19.5 Å². The van der Waals surface area contributed by atoms with E-state index < -0.39 is 5.82 Å². The van der Waals surface area contributed by atoms with Gasteiger partial charge in [0.05, 0.1) is 23.1 Å². The van der Waals surface area contributed by atoms with Gasteiger partial charge < -0.3 is 10.6 Å². The molecule has 7 rings (SSSR count). The molecule has 1 aliphatic heterocycles. The molecule has 45 heavy (non-hydrogen) atoms. The number of rotatable bonds is 6. The molecular formula is C33H28FN11. The number of halogens is 1. The number of hydrogen-bond acceptors (Lipinski definition) is 10. The fourth-order valence-electron chi connectivity index (χ4n) is 5.66. The van der Waals surface area contributed by atoms with Crippen LogP contribution in [-0.2, 0) is 6.54 Å². The molecule has 1 aliphatic rings. The average Bonchev–Trinajstić information content (AvgIpc) is 3.45. The molecule has 6 heterocycles. The number of nitrogens with zero attached hydrogens (tertiary/aromatic N) is 10. The van der Waals surface area contributed by atoms with E-state index in [4.69, 9.17) is 15.7 Å². The molecule has 2 N–H and O–H groups in total. The molecule has 1 fully saturated rings. The first-order valence-corrected chi connectivity index (χ1v) is 14.5. The van der Waals surface area contributed by atoms with Crippen molar-refractivity contribution in [3.05, 3.63) is 103 Å². The van der Waals surface area contributed by atoms with Crippen LogP contribution in [0.4, 0.5) is 16.0 Å². The lowest BCUT2D eigenvalue weighted by molar-refractivity contribution is 0.180. The zero-order valence-corrected chi connectivity index (χ0v) is 24.4. The zero-order chi connectivity index (χ0) is 30.9. The van der Waals surface area contributed by atoms with E-state index in [0.29, 0.717) is 39.8 Å². The second-order valence-electron chi connectivity index (χ2n) is 10.9. The molecule has 6 aromatic rings. The van der Waals surface area contributed by atoms with Gasteiger partial charge in [-0.05, 0) is 67.1 Å². The Hall–Kier alpha value is -5.80. The van der Waals surface area contributed by atoms with Crippen molar-refractivity contribution in [1.82, 2.24) is 39.4 Å². The van der Waals surface area contributed by atoms with Gasteiger partial charge in [0.2, 0.25) is 5.82 Å². The number of nitriles is 1. The maximum Gasteiger partial charge on any atom is 0.234 e. The molecule has 0 aliphatic carbocycles. The normalized spacial score (nSPS) is 15.3. The molecule has 1 aromatic carbocycles. The predicted molar refractivity (Wildman–Crippen MR) is 169 cm³/mol. The predicted octanol–water partition coefficient (Wildman–Crippen LogP) is 4.64. The lowest BCUT2D eigenvalue weighted by atomic mass is 10.1. The Morgan fingerprint density at radius 1 is 0.911 bits per heavy atom. The molecule has 0 amide bonds. The van der Waals surface area contributed by atoms with Crippen molar-refractivity contribution in [2.75, 3.05) is 30.3 Å². The summed E-state index contributed by atoms with van der Waals surface area (Å²) in [6.45, 7) is 5.45. The maximum atomic E-state index is 13.6. The minimum atomic E-state index is -0.407. The molecule has 1 saturated heterocycles. The minimum absolute atomic E-state index is 0.182. The molecule has 0 spiro atoms. The number of anilines is 2. The second kappa shape index (κ2) is 11.7. The molecule has 12 heteroatoms. The number of pyridine rings is 3. The van der Waals surface area contributed by atoms with Gasteiger partial charge in [-0.2, -0.15) is 5.26 Å². The van der Waals surface area contributed by atoms with Crippen molar-refractivity contribution in [3.63, 3.8) is 0 Å². The highest BCUT2D eigenvalue weighted by molar-refractivity contribution is 5.84. The van der Waals surface area contributed by atoms with Crippen LogP contribution >= 0.6 is 0 Å². The molecule has 0 bridgehead atoms. The monoisotopic (exact) mass is 597 g/mol. The summed E-state index contributed by atoms with van der Waals surface area (Å²) in [6.07, 6.45) is 4.46. The Kier molecular flexibility index (Phi) is 7.28. The third-order valence-electron chi connectivity index (χ3n) is 7.98. The highest BCUT2D eigenvalue weighted by atomic mass is 19.1. The van der Waals surface area contributed by atoms with Gasteiger partial charge in [0.1, 0.15) is 29.0 Å². The number of nitrogen functional groups attached to an aromatic ring is 1. The first-order chi connectivity index (χ1) is 22.0. The number of aromatic nitrogens is 7. The summed E-state index contributed by atoms with van der Waals surface area (Å²) < 4.78 is 15.5. The molecule has 5 aromatic heterocycles. The van der Waals surface area contributed by atoms with Crippen molar-refractivity contribution < 1.29 is 4.39 Å². The first-order valence-electron chi connectivity index (χ1n) is 14.5. The summed E-state index contributed by atoms with van der Waals surface area (Å²) in [7, 11) is 0. The second-order valence-corrected chi connectivity index (χ2v) is 10.9. The smallest absolute Gasteiger partial charge is 0.234 e. The van der Waals surface area contributed by atoms with Crippen LogP contribution in [0.5, 0.6) is 0 Å². The van der Waals surface area contributed by atoms with E-state index in [-0.39, 0.29) is 11.9 Å². The Labute approximate surface area is 258 Å². The van der Waals surface area contributed by atoms with Gasteiger partial charge in [-0.15, -0.1) is 0 Å². The molecule has 1 atom stereocenters. The average molecular weight is 598 g/mol. The zero-order valence-electron chi connectivity index (χ0n) is 24.4. The summed E-state index contributed by atoms with van der Waals surface area (Å²) in [4.78, 5) is 31.3. The van der Waals surface area contributed by atoms with Crippen LogP contribution in [0, 0.1) is 17.1 Å². The highest BCUT2D eigenvalue weighted by Gasteiger charge is 2.25. The fraction of sp³-hybridized carbons (Fsp3) is 0.182. The van der Waals surface area contributed by atoms with Gasteiger partial charge in [-0.25, -0.2) is 29.3 Å². The molecule has 11 nitrogen and oxygen atoms in total. The van der Waals surface area contributed by atoms with Gasteiger partial charge in [-0.1, -0.05) is 12.1 Å². The molecule has 0 saturated carbocycles. The third kappa shape index (κ3) is 5.52. The van der Waals surface area contributed by atoms with Crippen LogP contribution in [-0.4, -0.2) is 65.0 Å². The van der Waals surface area contributed by atoms with Crippen LogP contribution in [0.15, 0.2) is 85.3 Å². The van der Waals surface area contributed by atoms with Gasteiger partial charge >= 0.3 is 0 Å².